The number of aromatic nitrogens is 1. The lowest BCUT2D eigenvalue weighted by Crippen LogP contribution is -3.12. The molecule has 2 aromatic carbocycles. The highest BCUT2D eigenvalue weighted by atomic mass is 35.5. The van der Waals surface area contributed by atoms with E-state index in [9.17, 15) is 4.79 Å². The second-order valence-electron chi connectivity index (χ2n) is 7.56. The molecule has 158 valence electrons. The van der Waals surface area contributed by atoms with E-state index in [1.54, 1.807) is 4.90 Å². The second kappa shape index (κ2) is 10.8. The van der Waals surface area contributed by atoms with Crippen molar-refractivity contribution in [1.82, 2.24) is 10.3 Å². The summed E-state index contributed by atoms with van der Waals surface area (Å²) in [5.74, 6) is 0.368. The minimum Gasteiger partial charge on any atom is -0.352 e. The number of pyridine rings is 1. The zero-order valence-corrected chi connectivity index (χ0v) is 19.3. The Balaban J connectivity index is 1.79. The first-order chi connectivity index (χ1) is 14.5. The zero-order valence-electron chi connectivity index (χ0n) is 17.7. The summed E-state index contributed by atoms with van der Waals surface area (Å²) in [6.07, 6.45) is 0. The van der Waals surface area contributed by atoms with Gasteiger partial charge in [0.2, 0.25) is 0 Å². The molecule has 6 heteroatoms. The van der Waals surface area contributed by atoms with Gasteiger partial charge in [-0.2, -0.15) is 0 Å². The van der Waals surface area contributed by atoms with Gasteiger partial charge in [0, 0.05) is 27.8 Å². The number of benzene rings is 2. The van der Waals surface area contributed by atoms with Crippen LogP contribution in [0.3, 0.4) is 0 Å². The lowest BCUT2D eigenvalue weighted by Gasteiger charge is -2.20. The number of hydrogen-bond donors (Lipinski definition) is 2. The van der Waals surface area contributed by atoms with Gasteiger partial charge in [-0.3, -0.25) is 4.79 Å². The van der Waals surface area contributed by atoms with Crippen LogP contribution in [-0.2, 0) is 0 Å². The van der Waals surface area contributed by atoms with Crippen LogP contribution in [0, 0.1) is 5.92 Å². The average molecular weight is 443 g/mol. The highest BCUT2D eigenvalue weighted by Crippen LogP contribution is 2.30. The molecule has 4 nitrogen and oxygen atoms in total. The van der Waals surface area contributed by atoms with Crippen LogP contribution in [-0.4, -0.2) is 37.1 Å². The summed E-state index contributed by atoms with van der Waals surface area (Å²) < 4.78 is 0. The maximum absolute atomic E-state index is 13.1. The van der Waals surface area contributed by atoms with Crippen LogP contribution in [0.4, 0.5) is 0 Å². The Morgan fingerprint density at radius 3 is 2.53 bits per heavy atom. The van der Waals surface area contributed by atoms with Gasteiger partial charge < -0.3 is 10.2 Å². The van der Waals surface area contributed by atoms with Gasteiger partial charge >= 0.3 is 0 Å². The topological polar surface area (TPSA) is 46.4 Å². The zero-order chi connectivity index (χ0) is 21.5. The lowest BCUT2D eigenvalue weighted by molar-refractivity contribution is -0.899. The van der Waals surface area contributed by atoms with Crippen LogP contribution in [0.1, 0.15) is 31.1 Å². The number of halogens is 1. The lowest BCUT2D eigenvalue weighted by atomic mass is 10.1. The normalized spacial score (nSPS) is 12.3. The van der Waals surface area contributed by atoms with E-state index in [1.165, 1.54) is 11.8 Å². The predicted octanol–water partition coefficient (Wildman–Crippen LogP) is 4.33. The second-order valence-corrected chi connectivity index (χ2v) is 9.09. The molecule has 0 saturated heterocycles. The molecular formula is C24H29ClN3OS+. The first-order valence-corrected chi connectivity index (χ1v) is 11.6. The summed E-state index contributed by atoms with van der Waals surface area (Å²) in [4.78, 5) is 20.4. The molecule has 1 amide bonds. The smallest absolute Gasteiger partial charge is 0.252 e. The number of nitrogens with one attached hydrogen (secondary N) is 2. The van der Waals surface area contributed by atoms with E-state index >= 15 is 0 Å². The molecule has 3 aromatic rings. The molecule has 0 aliphatic rings. The van der Waals surface area contributed by atoms with Gasteiger partial charge in [0.05, 0.1) is 30.7 Å². The summed E-state index contributed by atoms with van der Waals surface area (Å²) in [5.41, 5.74) is 1.49. The van der Waals surface area contributed by atoms with Crippen LogP contribution in [0.2, 0.25) is 5.02 Å². The van der Waals surface area contributed by atoms with Crippen LogP contribution >= 0.6 is 23.4 Å². The number of carbonyl (C=O) groups excluding carboxylic acids is 1. The van der Waals surface area contributed by atoms with Crippen molar-refractivity contribution in [2.24, 2.45) is 5.92 Å². The van der Waals surface area contributed by atoms with E-state index in [-0.39, 0.29) is 5.91 Å². The van der Waals surface area contributed by atoms with Crippen molar-refractivity contribution in [3.63, 3.8) is 0 Å². The Labute approximate surface area is 188 Å². The maximum Gasteiger partial charge on any atom is 0.252 e. The third kappa shape index (κ3) is 5.97. The van der Waals surface area contributed by atoms with Gasteiger partial charge in [-0.1, -0.05) is 48.5 Å². The Morgan fingerprint density at radius 1 is 1.13 bits per heavy atom. The quantitative estimate of drug-likeness (QED) is 0.518. The maximum atomic E-state index is 13.1. The molecule has 1 aromatic heterocycles. The van der Waals surface area contributed by atoms with Crippen molar-refractivity contribution in [2.45, 2.75) is 30.7 Å². The van der Waals surface area contributed by atoms with Crippen molar-refractivity contribution >= 4 is 40.2 Å². The van der Waals surface area contributed by atoms with Gasteiger partial charge in [0.15, 0.2) is 0 Å². The molecule has 0 aliphatic carbocycles. The van der Waals surface area contributed by atoms with Crippen molar-refractivity contribution in [3.05, 3.63) is 65.2 Å². The Kier molecular flexibility index (Phi) is 8.14. The number of rotatable bonds is 9. The van der Waals surface area contributed by atoms with E-state index in [4.69, 9.17) is 16.6 Å². The van der Waals surface area contributed by atoms with Gasteiger partial charge in [0.25, 0.3) is 5.91 Å². The van der Waals surface area contributed by atoms with Crippen molar-refractivity contribution in [3.8, 4) is 0 Å². The molecule has 1 atom stereocenters. The van der Waals surface area contributed by atoms with E-state index < -0.39 is 0 Å². The summed E-state index contributed by atoms with van der Waals surface area (Å²) in [7, 11) is 0. The van der Waals surface area contributed by atoms with Gasteiger partial charge in [-0.25, -0.2) is 4.98 Å². The average Bonchev–Trinajstić information content (AvgIpc) is 2.76. The minimum atomic E-state index is -0.0482. The third-order valence-electron chi connectivity index (χ3n) is 5.22. The number of carbonyl (C=O) groups is 1. The minimum absolute atomic E-state index is 0.0482. The first-order valence-electron chi connectivity index (χ1n) is 10.4. The number of quaternary nitrogens is 1. The number of para-hydroxylation sites is 1. The molecule has 0 radical (unpaired) electrons. The SMILES string of the molecule is CC[NH+](CC)CC(C)CNC(=O)c1cc(Sc2ccc(Cl)cc2)nc2ccccc12. The van der Waals surface area contributed by atoms with E-state index in [2.05, 4.69) is 26.1 Å². The van der Waals surface area contributed by atoms with Crippen LogP contribution < -0.4 is 10.2 Å². The summed E-state index contributed by atoms with van der Waals surface area (Å²) in [5, 5.41) is 5.50. The van der Waals surface area contributed by atoms with Gasteiger partial charge in [-0.05, 0) is 50.2 Å². The van der Waals surface area contributed by atoms with E-state index in [1.807, 2.05) is 54.6 Å². The molecule has 0 aliphatic heterocycles. The molecule has 0 saturated carbocycles. The predicted molar refractivity (Wildman–Crippen MR) is 126 cm³/mol. The van der Waals surface area contributed by atoms with Crippen LogP contribution in [0.15, 0.2) is 64.5 Å². The fourth-order valence-corrected chi connectivity index (χ4v) is 4.44. The van der Waals surface area contributed by atoms with Crippen molar-refractivity contribution in [1.29, 1.82) is 0 Å². The molecule has 0 spiro atoms. The highest BCUT2D eigenvalue weighted by Gasteiger charge is 2.16. The molecule has 0 fully saturated rings. The number of nitrogens with zero attached hydrogens (tertiary/aromatic N) is 1. The Bertz CT molecular complexity index is 989. The summed E-state index contributed by atoms with van der Waals surface area (Å²) in [6.45, 7) is 10.5. The molecular weight excluding hydrogens is 414 g/mol. The number of hydrogen-bond acceptors (Lipinski definition) is 3. The van der Waals surface area contributed by atoms with Crippen LogP contribution in [0.25, 0.3) is 10.9 Å². The van der Waals surface area contributed by atoms with Gasteiger partial charge in [0.1, 0.15) is 5.03 Å². The summed E-state index contributed by atoms with van der Waals surface area (Å²) in [6, 6.07) is 17.3. The first kappa shape index (κ1) is 22.6. The fraction of sp³-hybridized carbons (Fsp3) is 0.333. The molecule has 3 rings (SSSR count). The summed E-state index contributed by atoms with van der Waals surface area (Å²) >= 11 is 7.52. The van der Waals surface area contributed by atoms with E-state index in [0.717, 1.165) is 40.5 Å². The molecule has 30 heavy (non-hydrogen) atoms. The number of amides is 1. The molecule has 0 bridgehead atoms. The Hall–Kier alpha value is -2.08. The highest BCUT2D eigenvalue weighted by molar-refractivity contribution is 7.99. The van der Waals surface area contributed by atoms with Crippen molar-refractivity contribution in [2.75, 3.05) is 26.2 Å². The Morgan fingerprint density at radius 2 is 1.83 bits per heavy atom. The van der Waals surface area contributed by atoms with Crippen molar-refractivity contribution < 1.29 is 9.69 Å². The largest absolute Gasteiger partial charge is 0.352 e. The standard InChI is InChI=1S/C24H28ClN3OS/c1-4-28(5-2)16-17(3)15-26-24(29)21-14-23(27-22-9-7-6-8-20(21)22)30-19-12-10-18(25)11-13-19/h6-14,17H,4-5,15-16H2,1-3H3,(H,26,29)/p+1. The van der Waals surface area contributed by atoms with Crippen LogP contribution in [0.5, 0.6) is 0 Å². The third-order valence-corrected chi connectivity index (χ3v) is 6.40. The number of fused-ring (bicyclic) bond motifs is 1. The monoisotopic (exact) mass is 442 g/mol. The molecule has 2 N–H and O–H groups in total. The van der Waals surface area contributed by atoms with E-state index in [0.29, 0.717) is 23.0 Å². The molecule has 1 heterocycles. The fourth-order valence-electron chi connectivity index (χ4n) is 3.48. The molecule has 1 unspecified atom stereocenters. The van der Waals surface area contributed by atoms with Gasteiger partial charge in [-0.15, -0.1) is 0 Å².